The number of benzene rings is 1. The summed E-state index contributed by atoms with van der Waals surface area (Å²) in [7, 11) is 1.68. The van der Waals surface area contributed by atoms with E-state index in [1.165, 1.54) is 5.56 Å². The van der Waals surface area contributed by atoms with Crippen molar-refractivity contribution >= 4 is 29.9 Å². The van der Waals surface area contributed by atoms with E-state index in [-0.39, 0.29) is 24.0 Å². The summed E-state index contributed by atoms with van der Waals surface area (Å²) in [4.78, 5) is 4.18. The monoisotopic (exact) mass is 403 g/mol. The van der Waals surface area contributed by atoms with Crippen molar-refractivity contribution in [3.05, 3.63) is 42.0 Å². The third-order valence-corrected chi connectivity index (χ3v) is 3.09. The molecule has 0 aliphatic heterocycles. The molecule has 1 aromatic rings. The highest BCUT2D eigenvalue weighted by Crippen LogP contribution is 2.21. The predicted octanol–water partition coefficient (Wildman–Crippen LogP) is 3.29. The van der Waals surface area contributed by atoms with Crippen molar-refractivity contribution in [1.82, 2.24) is 5.32 Å². The average molecular weight is 403 g/mol. The van der Waals surface area contributed by atoms with E-state index < -0.39 is 0 Å². The molecular weight excluding hydrogens is 377 g/mol. The summed E-state index contributed by atoms with van der Waals surface area (Å²) >= 11 is 0. The van der Waals surface area contributed by atoms with Crippen LogP contribution in [0, 0.1) is 0 Å². The molecule has 3 N–H and O–H groups in total. The Balaban J connectivity index is 0.00000400. The number of nitrogens with one attached hydrogen (secondary N) is 1. The van der Waals surface area contributed by atoms with Gasteiger partial charge in [-0.05, 0) is 37.0 Å². The van der Waals surface area contributed by atoms with E-state index in [1.807, 2.05) is 19.1 Å². The second-order valence-corrected chi connectivity index (χ2v) is 5.05. The highest BCUT2D eigenvalue weighted by Gasteiger charge is 2.05. The number of aliphatic imine (C=N–C) groups is 1. The smallest absolute Gasteiger partial charge is 0.188 e. The molecule has 0 saturated heterocycles. The van der Waals surface area contributed by atoms with Crippen LogP contribution in [0.15, 0.2) is 41.4 Å². The summed E-state index contributed by atoms with van der Waals surface area (Å²) in [6.45, 7) is 9.30. The van der Waals surface area contributed by atoms with Gasteiger partial charge < -0.3 is 15.8 Å². The van der Waals surface area contributed by atoms with E-state index in [0.717, 1.165) is 24.3 Å². The first-order valence-corrected chi connectivity index (χ1v) is 6.85. The van der Waals surface area contributed by atoms with Gasteiger partial charge in [0.25, 0.3) is 0 Å². The molecule has 0 spiro atoms. The third kappa shape index (κ3) is 7.94. The Morgan fingerprint density at radius 3 is 2.52 bits per heavy atom. The van der Waals surface area contributed by atoms with Crippen molar-refractivity contribution in [3.8, 4) is 5.75 Å². The Labute approximate surface area is 144 Å². The number of hydrogen-bond donors (Lipinski definition) is 2. The summed E-state index contributed by atoms with van der Waals surface area (Å²) in [5, 5.41) is 3.12. The Hall–Kier alpha value is -1.24. The molecule has 0 aliphatic rings. The van der Waals surface area contributed by atoms with Crippen molar-refractivity contribution in [2.24, 2.45) is 10.7 Å². The fraction of sp³-hybridized carbons (Fsp3) is 0.438. The van der Waals surface area contributed by atoms with Gasteiger partial charge in [0.1, 0.15) is 5.75 Å². The van der Waals surface area contributed by atoms with Crippen molar-refractivity contribution in [3.63, 3.8) is 0 Å². The Bertz CT molecular complexity index is 457. The molecular formula is C16H26IN3O. The zero-order chi connectivity index (χ0) is 15.0. The lowest BCUT2D eigenvalue weighted by molar-refractivity contribution is 0.414. The molecule has 118 valence electrons. The van der Waals surface area contributed by atoms with Crippen molar-refractivity contribution in [1.29, 1.82) is 0 Å². The maximum absolute atomic E-state index is 5.77. The van der Waals surface area contributed by atoms with Crippen LogP contribution in [0.5, 0.6) is 5.75 Å². The van der Waals surface area contributed by atoms with Gasteiger partial charge in [0, 0.05) is 6.54 Å². The Morgan fingerprint density at radius 1 is 1.38 bits per heavy atom. The number of rotatable bonds is 7. The van der Waals surface area contributed by atoms with Gasteiger partial charge >= 0.3 is 0 Å². The minimum absolute atomic E-state index is 0. The van der Waals surface area contributed by atoms with Crippen molar-refractivity contribution in [2.45, 2.75) is 26.2 Å². The number of hydrogen-bond acceptors (Lipinski definition) is 2. The zero-order valence-corrected chi connectivity index (χ0v) is 15.4. The number of nitrogens with two attached hydrogens (primary N) is 1. The molecule has 4 nitrogen and oxygen atoms in total. The average Bonchev–Trinajstić information content (AvgIpc) is 2.45. The lowest BCUT2D eigenvalue weighted by atomic mass is 9.98. The van der Waals surface area contributed by atoms with Crippen molar-refractivity contribution in [2.75, 3.05) is 20.2 Å². The molecule has 1 atom stereocenters. The van der Waals surface area contributed by atoms with Crippen LogP contribution < -0.4 is 15.8 Å². The quantitative estimate of drug-likeness (QED) is 0.318. The summed E-state index contributed by atoms with van der Waals surface area (Å²) in [6, 6.07) is 8.17. The molecule has 0 amide bonds. The minimum Gasteiger partial charge on any atom is -0.497 e. The third-order valence-electron chi connectivity index (χ3n) is 3.09. The van der Waals surface area contributed by atoms with Gasteiger partial charge in [0.05, 0.1) is 13.7 Å². The van der Waals surface area contributed by atoms with Crippen LogP contribution in [0.25, 0.3) is 0 Å². The van der Waals surface area contributed by atoms with E-state index in [1.54, 1.807) is 7.11 Å². The Kier molecular flexibility index (Phi) is 9.86. The lowest BCUT2D eigenvalue weighted by Gasteiger charge is -2.13. The molecule has 0 bridgehead atoms. The molecule has 1 rings (SSSR count). The topological polar surface area (TPSA) is 59.6 Å². The standard InChI is InChI=1S/C16H25N3O.HI/c1-12(2)11-19-16(17)18-10-9-13(3)14-5-7-15(20-4)8-6-14;/h5-8,13H,1,9-11H2,2-4H3,(H3,17,18,19);1H. The highest BCUT2D eigenvalue weighted by atomic mass is 127. The molecule has 0 radical (unpaired) electrons. The fourth-order valence-electron chi connectivity index (χ4n) is 1.79. The number of halogens is 1. The van der Waals surface area contributed by atoms with Crippen LogP contribution in [0.2, 0.25) is 0 Å². The summed E-state index contributed by atoms with van der Waals surface area (Å²) < 4.78 is 5.16. The first-order chi connectivity index (χ1) is 9.52. The SMILES string of the molecule is C=C(C)CN=C(N)NCCC(C)c1ccc(OC)cc1.I. The van der Waals surface area contributed by atoms with Crippen LogP contribution in [0.4, 0.5) is 0 Å². The van der Waals surface area contributed by atoms with Crippen LogP contribution in [0.3, 0.4) is 0 Å². The van der Waals surface area contributed by atoms with Crippen LogP contribution in [0.1, 0.15) is 31.7 Å². The van der Waals surface area contributed by atoms with Crippen molar-refractivity contribution < 1.29 is 4.74 Å². The summed E-state index contributed by atoms with van der Waals surface area (Å²) in [6.07, 6.45) is 0.996. The Morgan fingerprint density at radius 2 is 2.00 bits per heavy atom. The molecule has 5 heteroatoms. The first-order valence-electron chi connectivity index (χ1n) is 6.85. The van der Waals surface area contributed by atoms with Gasteiger partial charge in [-0.15, -0.1) is 24.0 Å². The largest absolute Gasteiger partial charge is 0.497 e. The molecule has 1 aromatic carbocycles. The minimum atomic E-state index is 0. The summed E-state index contributed by atoms with van der Waals surface area (Å²) in [5.41, 5.74) is 8.06. The normalized spacial score (nSPS) is 12.2. The number of nitrogens with zero attached hydrogens (tertiary/aromatic N) is 1. The highest BCUT2D eigenvalue weighted by molar-refractivity contribution is 14.0. The van der Waals surface area contributed by atoms with Gasteiger partial charge in [-0.25, -0.2) is 4.99 Å². The van der Waals surface area contributed by atoms with E-state index in [2.05, 4.69) is 35.9 Å². The molecule has 0 aromatic heterocycles. The van der Waals surface area contributed by atoms with Gasteiger partial charge in [-0.2, -0.15) is 0 Å². The number of guanidine groups is 1. The maximum Gasteiger partial charge on any atom is 0.188 e. The van der Waals surface area contributed by atoms with Crippen LogP contribution in [-0.2, 0) is 0 Å². The second kappa shape index (κ2) is 10.5. The molecule has 0 fully saturated rings. The molecule has 21 heavy (non-hydrogen) atoms. The van der Waals surface area contributed by atoms with Crippen LogP contribution in [-0.4, -0.2) is 26.2 Å². The molecule has 1 unspecified atom stereocenters. The van der Waals surface area contributed by atoms with Gasteiger partial charge in [0.15, 0.2) is 5.96 Å². The van der Waals surface area contributed by atoms with Crippen LogP contribution >= 0.6 is 24.0 Å². The van der Waals surface area contributed by atoms with Gasteiger partial charge in [-0.3, -0.25) is 0 Å². The molecule has 0 saturated carbocycles. The number of ether oxygens (including phenoxy) is 1. The van der Waals surface area contributed by atoms with E-state index >= 15 is 0 Å². The predicted molar refractivity (Wildman–Crippen MR) is 101 cm³/mol. The lowest BCUT2D eigenvalue weighted by Crippen LogP contribution is -2.33. The number of methoxy groups -OCH3 is 1. The summed E-state index contributed by atoms with van der Waals surface area (Å²) in [5.74, 6) is 1.83. The molecule has 0 heterocycles. The second-order valence-electron chi connectivity index (χ2n) is 5.05. The van der Waals surface area contributed by atoms with E-state index in [9.17, 15) is 0 Å². The first kappa shape index (κ1) is 19.8. The van der Waals surface area contributed by atoms with E-state index in [4.69, 9.17) is 10.5 Å². The maximum atomic E-state index is 5.77. The van der Waals surface area contributed by atoms with Gasteiger partial charge in [0.2, 0.25) is 0 Å². The molecule has 0 aliphatic carbocycles. The van der Waals surface area contributed by atoms with E-state index in [0.29, 0.717) is 18.4 Å². The fourth-order valence-corrected chi connectivity index (χ4v) is 1.79. The zero-order valence-electron chi connectivity index (χ0n) is 13.1. The van der Waals surface area contributed by atoms with Gasteiger partial charge in [-0.1, -0.05) is 31.2 Å².